The molecular formula is C17H15Cl2N5OS. The van der Waals surface area contributed by atoms with E-state index in [1.807, 2.05) is 6.07 Å². The van der Waals surface area contributed by atoms with Gasteiger partial charge in [0.05, 0.1) is 15.7 Å². The highest BCUT2D eigenvalue weighted by molar-refractivity contribution is 7.15. The summed E-state index contributed by atoms with van der Waals surface area (Å²) in [5.41, 5.74) is 1.46. The molecule has 1 aromatic heterocycles. The molecule has 2 heterocycles. The Hall–Kier alpha value is -2.11. The molecule has 0 saturated heterocycles. The second-order valence-electron chi connectivity index (χ2n) is 5.77. The molecule has 134 valence electrons. The van der Waals surface area contributed by atoms with Gasteiger partial charge in [0, 0.05) is 36.3 Å². The van der Waals surface area contributed by atoms with Gasteiger partial charge < -0.3 is 15.5 Å². The second-order valence-corrected chi connectivity index (χ2v) is 7.67. The number of amides is 1. The van der Waals surface area contributed by atoms with Crippen molar-refractivity contribution in [3.05, 3.63) is 50.6 Å². The van der Waals surface area contributed by atoms with Crippen molar-refractivity contribution in [3.63, 3.8) is 0 Å². The van der Waals surface area contributed by atoms with E-state index in [0.29, 0.717) is 20.9 Å². The Morgan fingerprint density at radius 2 is 2.23 bits per heavy atom. The van der Waals surface area contributed by atoms with Crippen molar-refractivity contribution in [2.75, 3.05) is 24.2 Å². The predicted molar refractivity (Wildman–Crippen MR) is 105 cm³/mol. The molecule has 0 unspecified atom stereocenters. The summed E-state index contributed by atoms with van der Waals surface area (Å²) in [5.74, 6) is -0.542. The standard InChI is InChI=1S/C17H15Cl2N5OS/c1-24-5-4-14-15(9-24)26-17(23-14)21-8-10(7-20)16(25)22-11-2-3-12(18)13(19)6-11/h2-3,6,8H,4-5,9H2,1H3,(H,21,23)(H,22,25)/b10-8-. The van der Waals surface area contributed by atoms with Crippen molar-refractivity contribution in [3.8, 4) is 6.07 Å². The van der Waals surface area contributed by atoms with Crippen LogP contribution in [0.4, 0.5) is 10.8 Å². The number of nitriles is 1. The summed E-state index contributed by atoms with van der Waals surface area (Å²) >= 11 is 13.3. The van der Waals surface area contributed by atoms with Crippen molar-refractivity contribution in [1.29, 1.82) is 5.26 Å². The van der Waals surface area contributed by atoms with Crippen LogP contribution in [0.2, 0.25) is 10.0 Å². The smallest absolute Gasteiger partial charge is 0.267 e. The predicted octanol–water partition coefficient (Wildman–Crippen LogP) is 3.90. The third-order valence-corrected chi connectivity index (χ3v) is 5.56. The van der Waals surface area contributed by atoms with Gasteiger partial charge in [0.15, 0.2) is 5.13 Å². The molecule has 1 amide bonds. The number of carbonyl (C=O) groups excluding carboxylic acids is 1. The van der Waals surface area contributed by atoms with Crippen LogP contribution in [-0.2, 0) is 17.8 Å². The summed E-state index contributed by atoms with van der Waals surface area (Å²) in [7, 11) is 2.07. The molecule has 0 bridgehead atoms. The maximum absolute atomic E-state index is 12.3. The molecule has 2 aromatic rings. The Balaban J connectivity index is 1.69. The van der Waals surface area contributed by atoms with Gasteiger partial charge in [-0.1, -0.05) is 23.2 Å². The first-order valence-electron chi connectivity index (χ1n) is 7.76. The maximum atomic E-state index is 12.3. The zero-order valence-corrected chi connectivity index (χ0v) is 16.2. The van der Waals surface area contributed by atoms with Crippen molar-refractivity contribution in [1.82, 2.24) is 9.88 Å². The first-order valence-corrected chi connectivity index (χ1v) is 9.34. The minimum atomic E-state index is -0.542. The number of rotatable bonds is 4. The van der Waals surface area contributed by atoms with Crippen LogP contribution in [0.3, 0.4) is 0 Å². The van der Waals surface area contributed by atoms with E-state index >= 15 is 0 Å². The quantitative estimate of drug-likeness (QED) is 0.593. The van der Waals surface area contributed by atoms with Gasteiger partial charge in [-0.05, 0) is 25.2 Å². The number of hydrogen-bond acceptors (Lipinski definition) is 6. The molecule has 0 aliphatic carbocycles. The zero-order chi connectivity index (χ0) is 18.7. The maximum Gasteiger partial charge on any atom is 0.267 e. The molecule has 0 fully saturated rings. The molecule has 1 aromatic carbocycles. The number of anilines is 2. The molecule has 1 aliphatic heterocycles. The van der Waals surface area contributed by atoms with E-state index in [-0.39, 0.29) is 5.57 Å². The van der Waals surface area contributed by atoms with Gasteiger partial charge in [-0.25, -0.2) is 4.98 Å². The number of halogens is 2. The number of fused-ring (bicyclic) bond motifs is 1. The van der Waals surface area contributed by atoms with Crippen LogP contribution in [0, 0.1) is 11.3 Å². The lowest BCUT2D eigenvalue weighted by Crippen LogP contribution is -2.25. The molecule has 0 radical (unpaired) electrons. The van der Waals surface area contributed by atoms with Crippen molar-refractivity contribution >= 4 is 51.3 Å². The number of aromatic nitrogens is 1. The number of nitrogens with one attached hydrogen (secondary N) is 2. The van der Waals surface area contributed by atoms with Crippen LogP contribution in [0.25, 0.3) is 0 Å². The van der Waals surface area contributed by atoms with E-state index in [1.165, 1.54) is 28.5 Å². The first-order chi connectivity index (χ1) is 12.5. The summed E-state index contributed by atoms with van der Waals surface area (Å²) in [5, 5.41) is 16.2. The molecule has 0 atom stereocenters. The number of likely N-dealkylation sites (N-methyl/N-ethyl adjacent to an activating group) is 1. The normalized spacial score (nSPS) is 14.5. The molecule has 9 heteroatoms. The van der Waals surface area contributed by atoms with Gasteiger partial charge in [-0.3, -0.25) is 4.79 Å². The highest BCUT2D eigenvalue weighted by Gasteiger charge is 2.18. The highest BCUT2D eigenvalue weighted by Crippen LogP contribution is 2.28. The minimum absolute atomic E-state index is 0.0682. The van der Waals surface area contributed by atoms with Gasteiger partial charge >= 0.3 is 0 Å². The van der Waals surface area contributed by atoms with Crippen LogP contribution >= 0.6 is 34.5 Å². The van der Waals surface area contributed by atoms with E-state index in [9.17, 15) is 10.1 Å². The van der Waals surface area contributed by atoms with E-state index in [4.69, 9.17) is 23.2 Å². The zero-order valence-electron chi connectivity index (χ0n) is 13.8. The van der Waals surface area contributed by atoms with E-state index in [0.717, 1.165) is 25.2 Å². The summed E-state index contributed by atoms with van der Waals surface area (Å²) in [4.78, 5) is 20.2. The summed E-state index contributed by atoms with van der Waals surface area (Å²) < 4.78 is 0. The van der Waals surface area contributed by atoms with Gasteiger partial charge in [-0.15, -0.1) is 11.3 Å². The van der Waals surface area contributed by atoms with Gasteiger partial charge in [0.25, 0.3) is 5.91 Å². The second kappa shape index (κ2) is 8.06. The fraction of sp³-hybridized carbons (Fsp3) is 0.235. The molecule has 26 heavy (non-hydrogen) atoms. The monoisotopic (exact) mass is 407 g/mol. The van der Waals surface area contributed by atoms with E-state index in [1.54, 1.807) is 12.1 Å². The SMILES string of the molecule is CN1CCc2nc(N/C=C(/C#N)C(=O)Nc3ccc(Cl)c(Cl)c3)sc2C1. The fourth-order valence-electron chi connectivity index (χ4n) is 2.44. The van der Waals surface area contributed by atoms with Crippen LogP contribution in [-0.4, -0.2) is 29.4 Å². The lowest BCUT2D eigenvalue weighted by Gasteiger charge is -2.20. The fourth-order valence-corrected chi connectivity index (χ4v) is 3.80. The van der Waals surface area contributed by atoms with Crippen LogP contribution in [0.5, 0.6) is 0 Å². The summed E-state index contributed by atoms with van der Waals surface area (Å²) in [6, 6.07) is 6.59. The van der Waals surface area contributed by atoms with Crippen LogP contribution < -0.4 is 10.6 Å². The highest BCUT2D eigenvalue weighted by atomic mass is 35.5. The molecule has 0 saturated carbocycles. The number of nitrogens with zero attached hydrogens (tertiary/aromatic N) is 3. The van der Waals surface area contributed by atoms with Crippen LogP contribution in [0.1, 0.15) is 10.6 Å². The van der Waals surface area contributed by atoms with Gasteiger partial charge in [-0.2, -0.15) is 5.26 Å². The molecule has 2 N–H and O–H groups in total. The summed E-state index contributed by atoms with van der Waals surface area (Å²) in [6.45, 7) is 1.84. The minimum Gasteiger partial charge on any atom is -0.337 e. The average molecular weight is 408 g/mol. The number of benzene rings is 1. The number of hydrogen-bond donors (Lipinski definition) is 2. The molecule has 3 rings (SSSR count). The molecule has 6 nitrogen and oxygen atoms in total. The largest absolute Gasteiger partial charge is 0.337 e. The third kappa shape index (κ3) is 4.34. The third-order valence-electron chi connectivity index (χ3n) is 3.80. The number of thiazole rings is 1. The summed E-state index contributed by atoms with van der Waals surface area (Å²) in [6.07, 6.45) is 2.26. The first kappa shape index (κ1) is 18.7. The molecular weight excluding hydrogens is 393 g/mol. The Labute approximate surface area is 165 Å². The topological polar surface area (TPSA) is 81.1 Å². The van der Waals surface area contributed by atoms with Crippen LogP contribution in [0.15, 0.2) is 30.0 Å². The van der Waals surface area contributed by atoms with E-state index in [2.05, 4.69) is 27.6 Å². The van der Waals surface area contributed by atoms with Crippen molar-refractivity contribution in [2.45, 2.75) is 13.0 Å². The van der Waals surface area contributed by atoms with E-state index < -0.39 is 5.91 Å². The lowest BCUT2D eigenvalue weighted by molar-refractivity contribution is -0.112. The number of carbonyl (C=O) groups is 1. The Morgan fingerprint density at radius 3 is 2.96 bits per heavy atom. The van der Waals surface area contributed by atoms with Gasteiger partial charge in [0.2, 0.25) is 0 Å². The lowest BCUT2D eigenvalue weighted by atomic mass is 10.2. The average Bonchev–Trinajstić information content (AvgIpc) is 3.00. The molecule has 0 spiro atoms. The van der Waals surface area contributed by atoms with Crippen molar-refractivity contribution < 1.29 is 4.79 Å². The molecule has 1 aliphatic rings. The Bertz CT molecular complexity index is 918. The Kier molecular flexibility index (Phi) is 5.79. The Morgan fingerprint density at radius 1 is 1.42 bits per heavy atom. The van der Waals surface area contributed by atoms with Crippen molar-refractivity contribution in [2.24, 2.45) is 0 Å². The van der Waals surface area contributed by atoms with Gasteiger partial charge in [0.1, 0.15) is 11.6 Å².